The van der Waals surface area contributed by atoms with Gasteiger partial charge >= 0.3 is 0 Å². The second-order valence-corrected chi connectivity index (χ2v) is 4.62. The van der Waals surface area contributed by atoms with Gasteiger partial charge in [0.25, 0.3) is 0 Å². The second kappa shape index (κ2) is 5.61. The van der Waals surface area contributed by atoms with E-state index in [9.17, 15) is 0 Å². The Morgan fingerprint density at radius 2 is 1.85 bits per heavy atom. The summed E-state index contributed by atoms with van der Waals surface area (Å²) in [6, 6.07) is 0.942. The molecule has 0 amide bonds. The minimum absolute atomic E-state index is 0.377. The maximum atomic E-state index is 6.13. The summed E-state index contributed by atoms with van der Waals surface area (Å²) in [4.78, 5) is 0. The zero-order chi connectivity index (χ0) is 9.68. The minimum atomic E-state index is 0.377. The predicted molar refractivity (Wildman–Crippen MR) is 57.7 cm³/mol. The van der Waals surface area contributed by atoms with E-state index in [2.05, 4.69) is 19.2 Å². The molecule has 3 N–H and O–H groups in total. The van der Waals surface area contributed by atoms with Crippen LogP contribution in [0.1, 0.15) is 46.0 Å². The number of nitrogens with one attached hydrogen (secondary N) is 1. The predicted octanol–water partition coefficient (Wildman–Crippen LogP) is 1.89. The lowest BCUT2D eigenvalue weighted by Gasteiger charge is -2.28. The van der Waals surface area contributed by atoms with Crippen LogP contribution < -0.4 is 11.1 Å². The van der Waals surface area contributed by atoms with Crippen LogP contribution in [0.3, 0.4) is 0 Å². The van der Waals surface area contributed by atoms with Crippen LogP contribution in [0.5, 0.6) is 0 Å². The molecule has 0 aromatic heterocycles. The SMILES string of the molecule is CC(C)NCC(N)C1CCCCC1. The molecule has 0 saturated heterocycles. The highest BCUT2D eigenvalue weighted by atomic mass is 14.9. The largest absolute Gasteiger partial charge is 0.326 e. The molecule has 0 bridgehead atoms. The molecule has 1 fully saturated rings. The number of rotatable bonds is 4. The van der Waals surface area contributed by atoms with E-state index >= 15 is 0 Å². The van der Waals surface area contributed by atoms with Crippen molar-refractivity contribution in [2.75, 3.05) is 6.54 Å². The summed E-state index contributed by atoms with van der Waals surface area (Å²) in [6.07, 6.45) is 6.89. The molecule has 2 nitrogen and oxygen atoms in total. The fourth-order valence-corrected chi connectivity index (χ4v) is 2.10. The molecule has 1 aliphatic rings. The highest BCUT2D eigenvalue weighted by Gasteiger charge is 2.19. The van der Waals surface area contributed by atoms with E-state index < -0.39 is 0 Å². The molecule has 13 heavy (non-hydrogen) atoms. The summed E-state index contributed by atoms with van der Waals surface area (Å²) in [6.45, 7) is 5.34. The van der Waals surface area contributed by atoms with E-state index in [4.69, 9.17) is 5.73 Å². The normalized spacial score (nSPS) is 22.2. The van der Waals surface area contributed by atoms with Crippen LogP contribution in [0.25, 0.3) is 0 Å². The average Bonchev–Trinajstić information content (AvgIpc) is 2.15. The Morgan fingerprint density at radius 3 is 2.38 bits per heavy atom. The fraction of sp³-hybridized carbons (Fsp3) is 1.00. The third kappa shape index (κ3) is 4.10. The first-order valence-electron chi connectivity index (χ1n) is 5.69. The number of nitrogens with two attached hydrogens (primary N) is 1. The molecule has 2 heteroatoms. The van der Waals surface area contributed by atoms with E-state index in [0.717, 1.165) is 12.5 Å². The van der Waals surface area contributed by atoms with Crippen molar-refractivity contribution in [1.29, 1.82) is 0 Å². The molecule has 0 aliphatic heterocycles. The molecule has 1 atom stereocenters. The van der Waals surface area contributed by atoms with Gasteiger partial charge in [-0.2, -0.15) is 0 Å². The van der Waals surface area contributed by atoms with Crippen molar-refractivity contribution in [2.45, 2.75) is 58.0 Å². The van der Waals surface area contributed by atoms with Crippen molar-refractivity contribution in [1.82, 2.24) is 5.32 Å². The van der Waals surface area contributed by atoms with Crippen LogP contribution in [0, 0.1) is 5.92 Å². The van der Waals surface area contributed by atoms with Gasteiger partial charge in [-0.3, -0.25) is 0 Å². The Balaban J connectivity index is 2.17. The van der Waals surface area contributed by atoms with Gasteiger partial charge in [-0.25, -0.2) is 0 Å². The smallest absolute Gasteiger partial charge is 0.0194 e. The van der Waals surface area contributed by atoms with Crippen molar-refractivity contribution in [2.24, 2.45) is 11.7 Å². The highest BCUT2D eigenvalue weighted by molar-refractivity contribution is 4.78. The van der Waals surface area contributed by atoms with Gasteiger partial charge in [-0.1, -0.05) is 33.1 Å². The van der Waals surface area contributed by atoms with Crippen LogP contribution in [-0.2, 0) is 0 Å². The maximum absolute atomic E-state index is 6.13. The van der Waals surface area contributed by atoms with E-state index in [1.54, 1.807) is 0 Å². The van der Waals surface area contributed by atoms with Crippen molar-refractivity contribution in [3.05, 3.63) is 0 Å². The molecular formula is C11H24N2. The lowest BCUT2D eigenvalue weighted by molar-refractivity contribution is 0.294. The second-order valence-electron chi connectivity index (χ2n) is 4.62. The molecule has 0 spiro atoms. The molecule has 0 aromatic rings. The Kier molecular flexibility index (Phi) is 4.74. The van der Waals surface area contributed by atoms with E-state index in [1.165, 1.54) is 32.1 Å². The summed E-state index contributed by atoms with van der Waals surface area (Å²) in [5.41, 5.74) is 6.13. The molecule has 1 rings (SSSR count). The first-order chi connectivity index (χ1) is 6.20. The number of hydrogen-bond acceptors (Lipinski definition) is 2. The molecule has 0 aromatic carbocycles. The Morgan fingerprint density at radius 1 is 1.23 bits per heavy atom. The van der Waals surface area contributed by atoms with E-state index in [0.29, 0.717) is 12.1 Å². The Bertz CT molecular complexity index is 128. The summed E-state index contributed by atoms with van der Waals surface area (Å²) < 4.78 is 0. The molecule has 78 valence electrons. The molecule has 1 unspecified atom stereocenters. The zero-order valence-electron chi connectivity index (χ0n) is 9.05. The van der Waals surface area contributed by atoms with E-state index in [-0.39, 0.29) is 0 Å². The van der Waals surface area contributed by atoms with Crippen LogP contribution >= 0.6 is 0 Å². The van der Waals surface area contributed by atoms with Crippen molar-refractivity contribution in [3.63, 3.8) is 0 Å². The van der Waals surface area contributed by atoms with Crippen LogP contribution in [0.2, 0.25) is 0 Å². The Labute approximate surface area is 82.3 Å². The summed E-state index contributed by atoms with van der Waals surface area (Å²) in [5, 5.41) is 3.42. The summed E-state index contributed by atoms with van der Waals surface area (Å²) in [7, 11) is 0. The maximum Gasteiger partial charge on any atom is 0.0194 e. The van der Waals surface area contributed by atoms with E-state index in [1.807, 2.05) is 0 Å². The first-order valence-corrected chi connectivity index (χ1v) is 5.69. The molecule has 0 heterocycles. The van der Waals surface area contributed by atoms with Gasteiger partial charge in [0.1, 0.15) is 0 Å². The molecular weight excluding hydrogens is 160 g/mol. The highest BCUT2D eigenvalue weighted by Crippen LogP contribution is 2.25. The lowest BCUT2D eigenvalue weighted by Crippen LogP contribution is -2.42. The molecule has 1 aliphatic carbocycles. The quantitative estimate of drug-likeness (QED) is 0.700. The number of hydrogen-bond donors (Lipinski definition) is 2. The minimum Gasteiger partial charge on any atom is -0.326 e. The van der Waals surface area contributed by atoms with Crippen molar-refractivity contribution in [3.8, 4) is 0 Å². The average molecular weight is 184 g/mol. The summed E-state index contributed by atoms with van der Waals surface area (Å²) >= 11 is 0. The molecule has 1 saturated carbocycles. The van der Waals surface area contributed by atoms with Gasteiger partial charge in [0.2, 0.25) is 0 Å². The topological polar surface area (TPSA) is 38.0 Å². The zero-order valence-corrected chi connectivity index (χ0v) is 9.05. The van der Waals surface area contributed by atoms with Gasteiger partial charge in [-0.05, 0) is 18.8 Å². The van der Waals surface area contributed by atoms with Gasteiger partial charge < -0.3 is 11.1 Å². The lowest BCUT2D eigenvalue weighted by atomic mass is 9.84. The van der Waals surface area contributed by atoms with Crippen LogP contribution in [0.15, 0.2) is 0 Å². The standard InChI is InChI=1S/C11H24N2/c1-9(2)13-8-11(12)10-6-4-3-5-7-10/h9-11,13H,3-8,12H2,1-2H3. The van der Waals surface area contributed by atoms with Gasteiger partial charge in [0, 0.05) is 18.6 Å². The van der Waals surface area contributed by atoms with Crippen molar-refractivity contribution >= 4 is 0 Å². The first kappa shape index (κ1) is 11.0. The van der Waals surface area contributed by atoms with Crippen LogP contribution in [-0.4, -0.2) is 18.6 Å². The third-order valence-electron chi connectivity index (χ3n) is 3.02. The molecule has 0 radical (unpaired) electrons. The van der Waals surface area contributed by atoms with Gasteiger partial charge in [-0.15, -0.1) is 0 Å². The van der Waals surface area contributed by atoms with Gasteiger partial charge in [0.15, 0.2) is 0 Å². The summed E-state index contributed by atoms with van der Waals surface area (Å²) in [5.74, 6) is 0.778. The monoisotopic (exact) mass is 184 g/mol. The van der Waals surface area contributed by atoms with Crippen LogP contribution in [0.4, 0.5) is 0 Å². The van der Waals surface area contributed by atoms with Crippen molar-refractivity contribution < 1.29 is 0 Å². The van der Waals surface area contributed by atoms with Gasteiger partial charge in [0.05, 0.1) is 0 Å². The fourth-order valence-electron chi connectivity index (χ4n) is 2.10. The third-order valence-corrected chi connectivity index (χ3v) is 3.02. The Hall–Kier alpha value is -0.0800.